The third kappa shape index (κ3) is 2.27. The summed E-state index contributed by atoms with van der Waals surface area (Å²) in [6.07, 6.45) is 0. The molecular formula is C14H15NO3. The molecule has 1 aromatic carbocycles. The summed E-state index contributed by atoms with van der Waals surface area (Å²) in [6, 6.07) is 7.35. The Bertz CT molecular complexity index is 656. The zero-order chi connectivity index (χ0) is 13.3. The van der Waals surface area contributed by atoms with Crippen molar-refractivity contribution in [2.45, 2.75) is 26.7 Å². The van der Waals surface area contributed by atoms with E-state index in [1.54, 1.807) is 6.07 Å². The molecule has 1 heterocycles. The second-order valence-electron chi connectivity index (χ2n) is 4.55. The Morgan fingerprint density at radius 1 is 1.33 bits per heavy atom. The molecular weight excluding hydrogens is 230 g/mol. The second-order valence-corrected chi connectivity index (χ2v) is 4.55. The van der Waals surface area contributed by atoms with E-state index < -0.39 is 5.63 Å². The topological polar surface area (TPSA) is 59.3 Å². The maximum Gasteiger partial charge on any atom is 0.360 e. The SMILES string of the molecule is CC(=O)Nc1cc2cccc(C(C)C)c2oc1=O. The number of benzene rings is 1. The van der Waals surface area contributed by atoms with Gasteiger partial charge in [-0.2, -0.15) is 0 Å². The normalized spacial score (nSPS) is 10.9. The first-order valence-electron chi connectivity index (χ1n) is 5.83. The van der Waals surface area contributed by atoms with Crippen molar-refractivity contribution in [1.82, 2.24) is 0 Å². The monoisotopic (exact) mass is 245 g/mol. The highest BCUT2D eigenvalue weighted by Gasteiger charge is 2.11. The number of carbonyl (C=O) groups is 1. The maximum absolute atomic E-state index is 11.8. The van der Waals surface area contributed by atoms with Gasteiger partial charge in [0.15, 0.2) is 0 Å². The van der Waals surface area contributed by atoms with Crippen LogP contribution in [-0.2, 0) is 4.79 Å². The Morgan fingerprint density at radius 2 is 2.06 bits per heavy atom. The molecule has 0 aliphatic carbocycles. The van der Waals surface area contributed by atoms with Crippen LogP contribution in [0.2, 0.25) is 0 Å². The molecule has 4 heteroatoms. The molecule has 0 atom stereocenters. The smallest absolute Gasteiger partial charge is 0.360 e. The minimum atomic E-state index is -0.522. The van der Waals surface area contributed by atoms with E-state index in [1.807, 2.05) is 32.0 Å². The number of fused-ring (bicyclic) bond motifs is 1. The van der Waals surface area contributed by atoms with Crippen LogP contribution in [0, 0.1) is 0 Å². The lowest BCUT2D eigenvalue weighted by Gasteiger charge is -2.09. The molecule has 0 aliphatic heterocycles. The van der Waals surface area contributed by atoms with Crippen molar-refractivity contribution in [3.8, 4) is 0 Å². The molecule has 0 saturated heterocycles. The number of nitrogens with one attached hydrogen (secondary N) is 1. The summed E-state index contributed by atoms with van der Waals surface area (Å²) in [5, 5.41) is 3.28. The highest BCUT2D eigenvalue weighted by atomic mass is 16.4. The summed E-state index contributed by atoms with van der Waals surface area (Å²) in [4.78, 5) is 22.7. The summed E-state index contributed by atoms with van der Waals surface area (Å²) in [5.41, 5.74) is 1.23. The standard InChI is InChI=1S/C14H15NO3/c1-8(2)11-6-4-5-10-7-12(15-9(3)16)14(17)18-13(10)11/h4-8H,1-3H3,(H,15,16). The molecule has 18 heavy (non-hydrogen) atoms. The molecule has 1 amide bonds. The highest BCUT2D eigenvalue weighted by Crippen LogP contribution is 2.25. The fourth-order valence-electron chi connectivity index (χ4n) is 1.90. The van der Waals surface area contributed by atoms with Crippen LogP contribution in [0.5, 0.6) is 0 Å². The Kier molecular flexibility index (Phi) is 3.19. The lowest BCUT2D eigenvalue weighted by Crippen LogP contribution is -2.14. The fourth-order valence-corrected chi connectivity index (χ4v) is 1.90. The number of hydrogen-bond donors (Lipinski definition) is 1. The summed E-state index contributed by atoms with van der Waals surface area (Å²) in [6.45, 7) is 5.43. The summed E-state index contributed by atoms with van der Waals surface area (Å²) in [5.74, 6) is -0.0230. The van der Waals surface area contributed by atoms with E-state index in [-0.39, 0.29) is 17.5 Å². The number of para-hydroxylation sites is 1. The molecule has 94 valence electrons. The van der Waals surface area contributed by atoms with Crippen molar-refractivity contribution in [2.75, 3.05) is 5.32 Å². The quantitative estimate of drug-likeness (QED) is 0.827. The highest BCUT2D eigenvalue weighted by molar-refractivity contribution is 5.91. The van der Waals surface area contributed by atoms with E-state index in [1.165, 1.54) is 6.92 Å². The van der Waals surface area contributed by atoms with Crippen LogP contribution in [0.4, 0.5) is 5.69 Å². The molecule has 0 radical (unpaired) electrons. The van der Waals surface area contributed by atoms with Gasteiger partial charge in [-0.3, -0.25) is 4.79 Å². The van der Waals surface area contributed by atoms with Crippen LogP contribution in [-0.4, -0.2) is 5.91 Å². The first-order valence-corrected chi connectivity index (χ1v) is 5.83. The van der Waals surface area contributed by atoms with Crippen molar-refractivity contribution < 1.29 is 9.21 Å². The number of anilines is 1. The molecule has 0 bridgehead atoms. The molecule has 2 rings (SSSR count). The molecule has 0 spiro atoms. The molecule has 0 unspecified atom stereocenters. The van der Waals surface area contributed by atoms with Crippen molar-refractivity contribution in [2.24, 2.45) is 0 Å². The van der Waals surface area contributed by atoms with E-state index in [0.717, 1.165) is 10.9 Å². The molecule has 1 N–H and O–H groups in total. The van der Waals surface area contributed by atoms with Gasteiger partial charge >= 0.3 is 5.63 Å². The molecule has 1 aromatic heterocycles. The van der Waals surface area contributed by atoms with Gasteiger partial charge in [0.25, 0.3) is 0 Å². The van der Waals surface area contributed by atoms with Crippen molar-refractivity contribution in [3.63, 3.8) is 0 Å². The van der Waals surface area contributed by atoms with Crippen LogP contribution in [0.1, 0.15) is 32.3 Å². The van der Waals surface area contributed by atoms with Crippen LogP contribution in [0.3, 0.4) is 0 Å². The Morgan fingerprint density at radius 3 is 2.67 bits per heavy atom. The molecule has 0 aliphatic rings. The Balaban J connectivity index is 2.67. The molecule has 2 aromatic rings. The lowest BCUT2D eigenvalue weighted by molar-refractivity contribution is -0.114. The van der Waals surface area contributed by atoms with Crippen LogP contribution >= 0.6 is 0 Å². The fraction of sp³-hybridized carbons (Fsp3) is 0.286. The number of rotatable bonds is 2. The van der Waals surface area contributed by atoms with E-state index in [9.17, 15) is 9.59 Å². The predicted molar refractivity (Wildman–Crippen MR) is 70.9 cm³/mol. The largest absolute Gasteiger partial charge is 0.421 e. The second kappa shape index (κ2) is 4.64. The van der Waals surface area contributed by atoms with Gasteiger partial charge in [-0.1, -0.05) is 32.0 Å². The van der Waals surface area contributed by atoms with Crippen molar-refractivity contribution >= 4 is 22.6 Å². The molecule has 0 fully saturated rings. The van der Waals surface area contributed by atoms with E-state index >= 15 is 0 Å². The van der Waals surface area contributed by atoms with E-state index in [2.05, 4.69) is 5.32 Å². The first-order chi connectivity index (χ1) is 8.49. The minimum Gasteiger partial charge on any atom is -0.421 e. The van der Waals surface area contributed by atoms with Gasteiger partial charge in [0, 0.05) is 12.3 Å². The van der Waals surface area contributed by atoms with E-state index in [0.29, 0.717) is 5.58 Å². The number of amides is 1. The Hall–Kier alpha value is -2.10. The number of carbonyl (C=O) groups excluding carboxylic acids is 1. The zero-order valence-corrected chi connectivity index (χ0v) is 10.6. The van der Waals surface area contributed by atoms with Gasteiger partial charge < -0.3 is 9.73 Å². The Labute approximate surface area is 105 Å². The van der Waals surface area contributed by atoms with Gasteiger partial charge in [-0.05, 0) is 17.5 Å². The van der Waals surface area contributed by atoms with Gasteiger partial charge in [0.2, 0.25) is 5.91 Å². The summed E-state index contributed by atoms with van der Waals surface area (Å²) >= 11 is 0. The average Bonchev–Trinajstić information content (AvgIpc) is 2.28. The minimum absolute atomic E-state index is 0.177. The lowest BCUT2D eigenvalue weighted by atomic mass is 10.0. The third-order valence-corrected chi connectivity index (χ3v) is 2.72. The van der Waals surface area contributed by atoms with Crippen LogP contribution in [0.25, 0.3) is 11.0 Å². The average molecular weight is 245 g/mol. The molecule has 0 saturated carbocycles. The number of hydrogen-bond acceptors (Lipinski definition) is 3. The van der Waals surface area contributed by atoms with Crippen molar-refractivity contribution in [3.05, 3.63) is 40.2 Å². The van der Waals surface area contributed by atoms with Gasteiger partial charge in [-0.25, -0.2) is 4.79 Å². The van der Waals surface area contributed by atoms with Gasteiger partial charge in [0.1, 0.15) is 11.3 Å². The zero-order valence-electron chi connectivity index (χ0n) is 10.6. The van der Waals surface area contributed by atoms with Gasteiger partial charge in [0.05, 0.1) is 0 Å². The predicted octanol–water partition coefficient (Wildman–Crippen LogP) is 2.87. The van der Waals surface area contributed by atoms with Crippen LogP contribution < -0.4 is 10.9 Å². The van der Waals surface area contributed by atoms with Crippen molar-refractivity contribution in [1.29, 1.82) is 0 Å². The summed E-state index contributed by atoms with van der Waals surface area (Å²) < 4.78 is 5.32. The third-order valence-electron chi connectivity index (χ3n) is 2.72. The van der Waals surface area contributed by atoms with Gasteiger partial charge in [-0.15, -0.1) is 0 Å². The van der Waals surface area contributed by atoms with E-state index in [4.69, 9.17) is 4.42 Å². The molecule has 4 nitrogen and oxygen atoms in total. The maximum atomic E-state index is 11.8. The first kappa shape index (κ1) is 12.4. The summed E-state index contributed by atoms with van der Waals surface area (Å²) in [7, 11) is 0. The van der Waals surface area contributed by atoms with Crippen LogP contribution in [0.15, 0.2) is 33.5 Å².